The van der Waals surface area contributed by atoms with E-state index in [1.165, 1.54) is 20.0 Å². The van der Waals surface area contributed by atoms with Gasteiger partial charge in [-0.15, -0.1) is 6.58 Å². The highest BCUT2D eigenvalue weighted by Crippen LogP contribution is 2.35. The lowest BCUT2D eigenvalue weighted by Gasteiger charge is -2.25. The first kappa shape index (κ1) is 106. The predicted molar refractivity (Wildman–Crippen MR) is 567 cm³/mol. The molecule has 0 N–H and O–H groups in total. The number of rotatable bonds is 36. The van der Waals surface area contributed by atoms with Gasteiger partial charge in [-0.25, -0.2) is 49.8 Å². The summed E-state index contributed by atoms with van der Waals surface area (Å²) in [5.74, 6) is 5.44. The molecule has 0 atom stereocenters. The van der Waals surface area contributed by atoms with Crippen molar-refractivity contribution in [3.63, 3.8) is 0 Å². The molecule has 10 aromatic heterocycles. The Balaban J connectivity index is 0.000000155. The highest BCUT2D eigenvalue weighted by Gasteiger charge is 2.30. The van der Waals surface area contributed by atoms with E-state index in [2.05, 4.69) is 176 Å². The number of pyridine rings is 5. The quantitative estimate of drug-likeness (QED) is 0.0201. The highest BCUT2D eigenvalue weighted by molar-refractivity contribution is 14.1. The lowest BCUT2D eigenvalue weighted by atomic mass is 10.1. The van der Waals surface area contributed by atoms with Crippen molar-refractivity contribution in [3.8, 4) is 5.75 Å². The largest absolute Gasteiger partial charge is 0.496 e. The van der Waals surface area contributed by atoms with Crippen LogP contribution < -0.4 is 4.74 Å². The van der Waals surface area contributed by atoms with Crippen LogP contribution in [0, 0.1) is 15.4 Å². The lowest BCUT2D eigenvalue weighted by Crippen LogP contribution is -2.34. The molecule has 15 aromatic rings. The molecule has 724 valence electrons. The summed E-state index contributed by atoms with van der Waals surface area (Å²) in [5, 5.41) is 1.33. The molecule has 0 bridgehead atoms. The zero-order chi connectivity index (χ0) is 98.5. The molecule has 1 aliphatic carbocycles. The van der Waals surface area contributed by atoms with Crippen molar-refractivity contribution < 1.29 is 28.7 Å². The summed E-state index contributed by atoms with van der Waals surface area (Å²) >= 11 is 27.4. The number of aryl methyl sites for hydroxylation is 4. The van der Waals surface area contributed by atoms with Gasteiger partial charge in [-0.3, -0.25) is 24.0 Å². The van der Waals surface area contributed by atoms with E-state index in [9.17, 15) is 24.0 Å². The summed E-state index contributed by atoms with van der Waals surface area (Å²) < 4.78 is 19.0. The average molecular weight is 2170 g/mol. The summed E-state index contributed by atoms with van der Waals surface area (Å²) in [4.78, 5) is 121. The third kappa shape index (κ3) is 27.8. The Morgan fingerprint density at radius 1 is 0.449 bits per heavy atom. The van der Waals surface area contributed by atoms with Gasteiger partial charge in [0.25, 0.3) is 29.5 Å². The number of methoxy groups -OCH3 is 1. The van der Waals surface area contributed by atoms with Gasteiger partial charge in [0, 0.05) is 136 Å². The fraction of sp³-hybridized carbons (Fsp3) is 0.368. The number of ether oxygens (including phenoxy) is 1. The van der Waals surface area contributed by atoms with Crippen LogP contribution in [-0.2, 0) is 58.9 Å². The van der Waals surface area contributed by atoms with Crippen molar-refractivity contribution in [1.82, 2.24) is 97.2 Å². The van der Waals surface area contributed by atoms with Crippen LogP contribution >= 0.6 is 89.3 Å². The number of imidazole rings is 5. The molecule has 0 saturated heterocycles. The first-order valence-electron chi connectivity index (χ1n) is 47.4. The van der Waals surface area contributed by atoms with E-state index in [1.807, 2.05) is 154 Å². The van der Waals surface area contributed by atoms with Gasteiger partial charge in [-0.1, -0.05) is 173 Å². The minimum Gasteiger partial charge on any atom is -0.496 e. The summed E-state index contributed by atoms with van der Waals surface area (Å²) in [7, 11) is 3.26. The van der Waals surface area contributed by atoms with Gasteiger partial charge in [-0.2, -0.15) is 0 Å². The van der Waals surface area contributed by atoms with E-state index < -0.39 is 0 Å². The number of halogens is 6. The number of unbranched alkanes of at least 4 members (excludes halogenated alkanes) is 2. The molecule has 0 unspecified atom stereocenters. The molecule has 1 saturated carbocycles. The molecule has 0 aliphatic heterocycles. The highest BCUT2D eigenvalue weighted by atomic mass is 127. The van der Waals surface area contributed by atoms with Crippen molar-refractivity contribution in [2.75, 3.05) is 40.3 Å². The molecule has 1 aliphatic rings. The topological polar surface area (TPSA) is 264 Å². The second kappa shape index (κ2) is 52.1. The molecule has 0 radical (unpaired) electrons. The van der Waals surface area contributed by atoms with Gasteiger partial charge in [0.05, 0.1) is 56.0 Å². The van der Waals surface area contributed by atoms with Crippen LogP contribution in [0.1, 0.15) is 226 Å². The molecule has 1 fully saturated rings. The Hall–Kier alpha value is -11.4. The monoisotopic (exact) mass is 2160 g/mol. The third-order valence-corrected chi connectivity index (χ3v) is 25.8. The van der Waals surface area contributed by atoms with Crippen molar-refractivity contribution in [2.45, 2.75) is 204 Å². The normalized spacial score (nSPS) is 11.8. The number of hydrogen-bond donors (Lipinski definition) is 0. The van der Waals surface area contributed by atoms with Gasteiger partial charge in [0.15, 0.2) is 28.2 Å². The van der Waals surface area contributed by atoms with E-state index in [4.69, 9.17) is 59.5 Å². The van der Waals surface area contributed by atoms with Crippen LogP contribution in [0.2, 0.25) is 15.1 Å². The smallest absolute Gasteiger partial charge is 0.258 e. The van der Waals surface area contributed by atoms with E-state index in [1.54, 1.807) is 84.1 Å². The van der Waals surface area contributed by atoms with Gasteiger partial charge in [-0.05, 0) is 244 Å². The number of hydrogen-bond acceptors (Lipinski definition) is 16. The third-order valence-electron chi connectivity index (χ3n) is 23.3. The van der Waals surface area contributed by atoms with Crippen LogP contribution in [0.3, 0.4) is 0 Å². The van der Waals surface area contributed by atoms with Gasteiger partial charge in [0.2, 0.25) is 0 Å². The summed E-state index contributed by atoms with van der Waals surface area (Å²) in [6, 6.07) is 52.6. The second-order valence-corrected chi connectivity index (χ2v) is 39.2. The molecular weight excluding hydrogens is 2040 g/mol. The Morgan fingerprint density at radius 2 is 0.862 bits per heavy atom. The van der Waals surface area contributed by atoms with Crippen LogP contribution in [0.5, 0.6) is 5.75 Å². The first-order valence-corrected chi connectivity index (χ1v) is 51.2. The zero-order valence-corrected chi connectivity index (χ0v) is 88.0. The minimum absolute atomic E-state index is 0.0214. The van der Waals surface area contributed by atoms with E-state index in [0.29, 0.717) is 107 Å². The van der Waals surface area contributed by atoms with Crippen LogP contribution in [-0.4, -0.2) is 167 Å². The lowest BCUT2D eigenvalue weighted by molar-refractivity contribution is 0.0712. The SMILES string of the molecule is C=CCN(Cc1nc2cccnc2n1CCC)C(=O)c1cc(Cl)ccc1OC.CC(C)CCN(Cc1nc2cccnc2n1C1CCCC1)C(=O)c1ccc(I)cc1.CCCCCN(Cc1nc2cccnc2n1CCC)C(=O)c1cccc(Br)c1.CCCn1c(CN(C)C(=O)c2cc(Cl)ccc2Cl)nc2cccnc21.CCCn1c(CN(CC(C)C)C(=O)c2cccc(Br)c2)nc2cccnc21. The fourth-order valence-electron chi connectivity index (χ4n) is 16.7. The fourth-order valence-corrected chi connectivity index (χ4v) is 18.4. The molecule has 5 aromatic carbocycles. The summed E-state index contributed by atoms with van der Waals surface area (Å²) in [5.41, 5.74) is 11.6. The number of aromatic nitrogens is 15. The molecule has 26 nitrogen and oxygen atoms in total. The molecule has 32 heteroatoms. The van der Waals surface area contributed by atoms with Crippen molar-refractivity contribution in [1.29, 1.82) is 0 Å². The maximum atomic E-state index is 13.4. The molecule has 0 spiro atoms. The molecular formula is C106H122Br2Cl3IN20O6. The zero-order valence-electron chi connectivity index (χ0n) is 80.4. The Kier molecular flexibility index (Phi) is 39.8. The van der Waals surface area contributed by atoms with E-state index in [0.717, 1.165) is 206 Å². The van der Waals surface area contributed by atoms with Crippen LogP contribution in [0.25, 0.3) is 55.8 Å². The van der Waals surface area contributed by atoms with Gasteiger partial charge < -0.3 is 52.1 Å². The van der Waals surface area contributed by atoms with Gasteiger partial charge in [0.1, 0.15) is 62.5 Å². The average Bonchev–Trinajstić information content (AvgIpc) is 1.63. The Morgan fingerprint density at radius 3 is 1.31 bits per heavy atom. The first-order chi connectivity index (χ1) is 66.7. The van der Waals surface area contributed by atoms with E-state index >= 15 is 0 Å². The Bertz CT molecular complexity index is 6630. The summed E-state index contributed by atoms with van der Waals surface area (Å²) in [6.07, 6.45) is 23.5. The predicted octanol–water partition coefficient (Wildman–Crippen LogP) is 24.9. The van der Waals surface area contributed by atoms with Crippen molar-refractivity contribution in [3.05, 3.63) is 298 Å². The molecule has 138 heavy (non-hydrogen) atoms. The van der Waals surface area contributed by atoms with E-state index in [-0.39, 0.29) is 29.5 Å². The number of benzene rings is 5. The van der Waals surface area contributed by atoms with Gasteiger partial charge >= 0.3 is 0 Å². The van der Waals surface area contributed by atoms with Crippen LogP contribution in [0.15, 0.2) is 222 Å². The molecule has 16 rings (SSSR count). The number of fused-ring (bicyclic) bond motifs is 5. The maximum absolute atomic E-state index is 13.4. The molecule has 5 amide bonds. The molecule has 10 heterocycles. The number of carbonyl (C=O) groups is 5. The standard InChI is InChI=1S/C24H29IN4O.C22H27BrN4O.C21H25BrN4O.C21H23ClN4O2.C18H18Cl2N4O/c1-17(2)13-15-28(24(30)18-9-11-19(25)12-10-18)16-22-27-21-8-5-14-26-23(21)29(22)20-6-3-4-7-20;1-3-5-6-14-26(22(28)17-9-7-10-18(23)15-17)16-20-25-19-11-8-12-24-21(19)27(20)13-4-2;1-4-11-26-19(24-18-9-6-10-23-20(18)26)14-25(13-15(2)3)21(27)16-7-5-8-17(22)12-16;1-4-11-25(21(27)16-13-15(22)8-9-18(16)28-3)14-19-24-17-7-6-10-23-20(17)26(19)12-5-2;1-3-9-24-16(22-15-5-4-8-21-17(15)24)11-23(2)18(25)13-10-12(19)6-7-14(13)20/h5,8-12,14,17,20H,3-4,6-7,13,15-16H2,1-2H3;7-12,15H,3-6,13-14,16H2,1-2H3;5-10,12,15H,4,11,13-14H2,1-3H3;4,6-10,13H,1,5,11-12,14H2,2-3H3;4-8,10H,3,9,11H2,1-2H3. The number of nitrogens with zero attached hydrogens (tertiary/aromatic N) is 20. The van der Waals surface area contributed by atoms with Crippen molar-refractivity contribution in [2.24, 2.45) is 11.8 Å². The maximum Gasteiger partial charge on any atom is 0.258 e. The van der Waals surface area contributed by atoms with Crippen LogP contribution in [0.4, 0.5) is 0 Å². The minimum atomic E-state index is -0.199. The Labute approximate surface area is 853 Å². The summed E-state index contributed by atoms with van der Waals surface area (Å²) in [6.45, 7) is 31.0. The van der Waals surface area contributed by atoms with Crippen molar-refractivity contribution >= 4 is 175 Å². The second-order valence-electron chi connectivity index (χ2n) is 34.8. The number of amides is 5. The number of carbonyl (C=O) groups excluding carboxylic acids is 5.